The molecule has 0 saturated heterocycles. The van der Waals surface area contributed by atoms with Crippen LogP contribution in [0.25, 0.3) is 0 Å². The zero-order valence-electron chi connectivity index (χ0n) is 22.6. The number of aryl methyl sites for hydroxylation is 1. The molecule has 2 atom stereocenters. The molecule has 10 heteroatoms. The minimum atomic E-state index is -0.723. The van der Waals surface area contributed by atoms with Crippen LogP contribution < -0.4 is 21.7 Å². The molecule has 0 aliphatic rings. The zero-order chi connectivity index (χ0) is 27.6. The lowest BCUT2D eigenvalue weighted by Gasteiger charge is -2.24. The number of amides is 4. The largest absolute Gasteiger partial charge is 0.379 e. The average molecular weight is 521 g/mol. The van der Waals surface area contributed by atoms with Gasteiger partial charge in [0.15, 0.2) is 5.78 Å². The third-order valence-corrected chi connectivity index (χ3v) is 5.86. The molecule has 0 unspecified atom stereocenters. The van der Waals surface area contributed by atoms with Gasteiger partial charge in [-0.3, -0.25) is 14.4 Å². The minimum Gasteiger partial charge on any atom is -0.379 e. The van der Waals surface area contributed by atoms with E-state index in [0.717, 1.165) is 12.0 Å². The van der Waals surface area contributed by atoms with Crippen molar-refractivity contribution < 1.29 is 28.7 Å². The first-order valence-electron chi connectivity index (χ1n) is 13.1. The molecule has 0 aromatic heterocycles. The van der Waals surface area contributed by atoms with Crippen LogP contribution in [0.15, 0.2) is 24.3 Å². The molecular formula is C27H44N4O6. The van der Waals surface area contributed by atoms with Crippen LogP contribution in [0.1, 0.15) is 58.9 Å². The number of anilines is 1. The smallest absolute Gasteiger partial charge is 0.312 e. The highest BCUT2D eigenvalue weighted by atomic mass is 16.5. The van der Waals surface area contributed by atoms with Crippen LogP contribution >= 0.6 is 0 Å². The molecular weight excluding hydrogens is 476 g/mol. The number of hydrogen-bond donors (Lipinski definition) is 4. The van der Waals surface area contributed by atoms with Gasteiger partial charge in [-0.05, 0) is 49.8 Å². The molecule has 5 N–H and O–H groups in total. The number of carbonyl (C=O) groups is 4. The van der Waals surface area contributed by atoms with Crippen LogP contribution in [-0.4, -0.2) is 62.6 Å². The van der Waals surface area contributed by atoms with E-state index < -0.39 is 18.0 Å². The first-order chi connectivity index (χ1) is 17.7. The molecule has 0 aliphatic heterocycles. The van der Waals surface area contributed by atoms with Crippen molar-refractivity contribution >= 4 is 29.3 Å². The summed E-state index contributed by atoms with van der Waals surface area (Å²) in [6.07, 6.45) is 1.82. The van der Waals surface area contributed by atoms with Gasteiger partial charge >= 0.3 is 6.03 Å². The van der Waals surface area contributed by atoms with Gasteiger partial charge in [-0.1, -0.05) is 32.9 Å². The first-order valence-corrected chi connectivity index (χ1v) is 13.1. The van der Waals surface area contributed by atoms with Crippen LogP contribution in [-0.2, 0) is 30.3 Å². The zero-order valence-corrected chi connectivity index (χ0v) is 22.6. The van der Waals surface area contributed by atoms with E-state index in [0.29, 0.717) is 44.9 Å². The highest BCUT2D eigenvalue weighted by Gasteiger charge is 2.29. The van der Waals surface area contributed by atoms with Gasteiger partial charge in [0.25, 0.3) is 0 Å². The Labute approximate surface area is 220 Å². The Bertz CT molecular complexity index is 844. The summed E-state index contributed by atoms with van der Waals surface area (Å²) in [5.41, 5.74) is 6.92. The fourth-order valence-electron chi connectivity index (χ4n) is 3.72. The van der Waals surface area contributed by atoms with Crippen molar-refractivity contribution in [3.8, 4) is 0 Å². The molecule has 0 radical (unpaired) electrons. The van der Waals surface area contributed by atoms with Gasteiger partial charge in [0.05, 0.1) is 25.9 Å². The van der Waals surface area contributed by atoms with E-state index in [1.807, 2.05) is 45.0 Å². The van der Waals surface area contributed by atoms with E-state index >= 15 is 0 Å². The van der Waals surface area contributed by atoms with Crippen LogP contribution in [0.4, 0.5) is 10.5 Å². The van der Waals surface area contributed by atoms with E-state index in [4.69, 9.17) is 15.2 Å². The quantitative estimate of drug-likeness (QED) is 0.206. The van der Waals surface area contributed by atoms with Gasteiger partial charge in [0.1, 0.15) is 0 Å². The van der Waals surface area contributed by atoms with Gasteiger partial charge in [0.2, 0.25) is 11.8 Å². The van der Waals surface area contributed by atoms with Gasteiger partial charge < -0.3 is 31.2 Å². The summed E-state index contributed by atoms with van der Waals surface area (Å²) in [6.45, 7) is 9.64. The van der Waals surface area contributed by atoms with Crippen LogP contribution in [0.5, 0.6) is 0 Å². The molecule has 0 heterocycles. The second kappa shape index (κ2) is 18.3. The fraction of sp³-hybridized carbons (Fsp3) is 0.630. The molecule has 1 rings (SSSR count). The number of nitrogens with two attached hydrogens (primary N) is 1. The number of carbonyl (C=O) groups excluding carboxylic acids is 4. The molecule has 4 amide bonds. The molecule has 0 saturated carbocycles. The first kappa shape index (κ1) is 32.0. The van der Waals surface area contributed by atoms with Crippen molar-refractivity contribution in [1.82, 2.24) is 10.6 Å². The van der Waals surface area contributed by atoms with Crippen LogP contribution in [0.3, 0.4) is 0 Å². The number of urea groups is 1. The molecule has 208 valence electrons. The number of nitrogens with one attached hydrogen (secondary N) is 3. The molecule has 1 aromatic carbocycles. The van der Waals surface area contributed by atoms with Crippen molar-refractivity contribution in [2.75, 3.05) is 38.3 Å². The van der Waals surface area contributed by atoms with Crippen molar-refractivity contribution in [2.24, 2.45) is 17.6 Å². The van der Waals surface area contributed by atoms with Gasteiger partial charge in [0, 0.05) is 37.6 Å². The maximum absolute atomic E-state index is 13.2. The standard InChI is InChI=1S/C27H44N4O6/c1-5-20-9-11-22(12-10-20)30-26(34)21(8-7-14-29-27(28)35)18-23(32)25(19(3)4)31-24(33)13-15-37-17-16-36-6-2/h9-12,19,21,25H,5-8,13-18H2,1-4H3,(H,30,34)(H,31,33)(H3,28,29,35)/t21-,25+/m1/s1. The lowest BCUT2D eigenvalue weighted by Crippen LogP contribution is -2.45. The number of benzene rings is 1. The monoisotopic (exact) mass is 520 g/mol. The topological polar surface area (TPSA) is 149 Å². The Kier molecular flexibility index (Phi) is 15.8. The second-order valence-electron chi connectivity index (χ2n) is 9.19. The lowest BCUT2D eigenvalue weighted by molar-refractivity contribution is -0.131. The minimum absolute atomic E-state index is 0.0383. The summed E-state index contributed by atoms with van der Waals surface area (Å²) in [5.74, 6) is -1.57. The number of hydrogen-bond acceptors (Lipinski definition) is 6. The molecule has 0 bridgehead atoms. The molecule has 37 heavy (non-hydrogen) atoms. The molecule has 10 nitrogen and oxygen atoms in total. The summed E-state index contributed by atoms with van der Waals surface area (Å²) in [7, 11) is 0. The number of primary amides is 1. The summed E-state index contributed by atoms with van der Waals surface area (Å²) < 4.78 is 10.6. The van der Waals surface area contributed by atoms with Crippen molar-refractivity contribution in [1.29, 1.82) is 0 Å². The molecule has 0 spiro atoms. The Morgan fingerprint density at radius 3 is 2.24 bits per heavy atom. The SMILES string of the molecule is CCOCCOCCC(=O)N[C@H](C(=O)C[C@@H](CCCNC(N)=O)C(=O)Nc1ccc(CC)cc1)C(C)C. The Morgan fingerprint density at radius 2 is 1.65 bits per heavy atom. The molecule has 0 aliphatic carbocycles. The Balaban J connectivity index is 2.77. The number of ether oxygens (including phenoxy) is 2. The van der Waals surface area contributed by atoms with Crippen molar-refractivity contribution in [2.45, 2.75) is 65.8 Å². The van der Waals surface area contributed by atoms with E-state index in [2.05, 4.69) is 22.9 Å². The highest BCUT2D eigenvalue weighted by Crippen LogP contribution is 2.19. The number of rotatable bonds is 19. The second-order valence-corrected chi connectivity index (χ2v) is 9.19. The number of ketones is 1. The summed E-state index contributed by atoms with van der Waals surface area (Å²) in [4.78, 5) is 49.7. The maximum Gasteiger partial charge on any atom is 0.312 e. The molecule has 0 fully saturated rings. The van der Waals surface area contributed by atoms with Crippen molar-refractivity contribution in [3.63, 3.8) is 0 Å². The van der Waals surface area contributed by atoms with Crippen LogP contribution in [0.2, 0.25) is 0 Å². The van der Waals surface area contributed by atoms with E-state index in [9.17, 15) is 19.2 Å². The third kappa shape index (κ3) is 13.8. The van der Waals surface area contributed by atoms with Gasteiger partial charge in [-0.15, -0.1) is 0 Å². The average Bonchev–Trinajstić information content (AvgIpc) is 2.86. The summed E-state index contributed by atoms with van der Waals surface area (Å²) >= 11 is 0. The molecule has 1 aromatic rings. The Hall–Kier alpha value is -2.98. The van der Waals surface area contributed by atoms with Crippen molar-refractivity contribution in [3.05, 3.63) is 29.8 Å². The third-order valence-electron chi connectivity index (χ3n) is 5.86. The van der Waals surface area contributed by atoms with E-state index in [-0.39, 0.29) is 43.0 Å². The summed E-state index contributed by atoms with van der Waals surface area (Å²) in [6, 6.07) is 6.18. The maximum atomic E-state index is 13.2. The normalized spacial score (nSPS) is 12.6. The van der Waals surface area contributed by atoms with Gasteiger partial charge in [-0.2, -0.15) is 0 Å². The van der Waals surface area contributed by atoms with E-state index in [1.54, 1.807) is 0 Å². The Morgan fingerprint density at radius 1 is 0.973 bits per heavy atom. The summed E-state index contributed by atoms with van der Waals surface area (Å²) in [5, 5.41) is 8.19. The fourth-order valence-corrected chi connectivity index (χ4v) is 3.72. The predicted molar refractivity (Wildman–Crippen MR) is 143 cm³/mol. The predicted octanol–water partition coefficient (Wildman–Crippen LogP) is 2.80. The lowest BCUT2D eigenvalue weighted by atomic mass is 9.89. The highest BCUT2D eigenvalue weighted by molar-refractivity contribution is 5.97. The van der Waals surface area contributed by atoms with E-state index in [1.165, 1.54) is 0 Å². The van der Waals surface area contributed by atoms with Crippen LogP contribution in [0, 0.1) is 11.8 Å². The van der Waals surface area contributed by atoms with Gasteiger partial charge in [-0.25, -0.2) is 4.79 Å². The number of Topliss-reactive ketones (excluding diaryl/α,β-unsaturated/α-hetero) is 1.